The molecule has 2 N–H and O–H groups in total. The van der Waals surface area contributed by atoms with E-state index in [0.29, 0.717) is 12.1 Å². The summed E-state index contributed by atoms with van der Waals surface area (Å²) in [6, 6.07) is 5.05. The zero-order valence-corrected chi connectivity index (χ0v) is 13.4. The molecule has 0 fully saturated rings. The molecule has 0 saturated carbocycles. The highest BCUT2D eigenvalue weighted by atomic mass is 35.5. The first-order valence-electron chi connectivity index (χ1n) is 6.97. The molecule has 0 saturated heterocycles. The molecular weight excluding hydrogens is 377 g/mol. The number of amides is 1. The third-order valence-electron chi connectivity index (χ3n) is 3.44. The first-order chi connectivity index (χ1) is 12.2. The quantitative estimate of drug-likeness (QED) is 0.517. The van der Waals surface area contributed by atoms with Crippen LogP contribution < -0.4 is 10.9 Å². The predicted octanol–water partition coefficient (Wildman–Crippen LogP) is 3.82. The van der Waals surface area contributed by atoms with Crippen LogP contribution in [0.2, 0.25) is 5.15 Å². The summed E-state index contributed by atoms with van der Waals surface area (Å²) in [5.41, 5.74) is -3.56. The van der Waals surface area contributed by atoms with E-state index in [2.05, 4.69) is 10.3 Å². The van der Waals surface area contributed by atoms with Crippen molar-refractivity contribution in [2.45, 2.75) is 6.18 Å². The van der Waals surface area contributed by atoms with E-state index in [4.69, 9.17) is 16.0 Å². The standard InChI is InChI=1S/C16H8ClF3N2O4/c17-13-9(2-1-5-21-13)22-14(24)11-12(23)8-4-3-7(16(18,19)20)6-10(8)26-15(11)25/h1-6,23H,(H,22,24). The van der Waals surface area contributed by atoms with Gasteiger partial charge in [0.25, 0.3) is 5.91 Å². The topological polar surface area (TPSA) is 92.4 Å². The molecule has 0 atom stereocenters. The van der Waals surface area contributed by atoms with Crippen molar-refractivity contribution in [2.75, 3.05) is 5.32 Å². The zero-order valence-electron chi connectivity index (χ0n) is 12.6. The highest BCUT2D eigenvalue weighted by molar-refractivity contribution is 6.32. The van der Waals surface area contributed by atoms with Crippen molar-refractivity contribution in [3.05, 3.63) is 63.2 Å². The van der Waals surface area contributed by atoms with Crippen LogP contribution >= 0.6 is 11.6 Å². The summed E-state index contributed by atoms with van der Waals surface area (Å²) in [4.78, 5) is 28.0. The van der Waals surface area contributed by atoms with Gasteiger partial charge < -0.3 is 14.8 Å². The van der Waals surface area contributed by atoms with Gasteiger partial charge in [0.1, 0.15) is 11.3 Å². The number of benzene rings is 1. The lowest BCUT2D eigenvalue weighted by Crippen LogP contribution is -2.21. The molecule has 3 aromatic rings. The summed E-state index contributed by atoms with van der Waals surface area (Å²) < 4.78 is 43.0. The van der Waals surface area contributed by atoms with Crippen molar-refractivity contribution < 1.29 is 27.5 Å². The van der Waals surface area contributed by atoms with Crippen LogP contribution in [0.1, 0.15) is 15.9 Å². The molecule has 0 radical (unpaired) electrons. The fourth-order valence-corrected chi connectivity index (χ4v) is 2.39. The smallest absolute Gasteiger partial charge is 0.416 e. The van der Waals surface area contributed by atoms with Crippen molar-refractivity contribution in [3.8, 4) is 5.75 Å². The monoisotopic (exact) mass is 384 g/mol. The highest BCUT2D eigenvalue weighted by Crippen LogP contribution is 2.34. The number of aromatic hydroxyl groups is 1. The molecule has 2 aromatic heterocycles. The predicted molar refractivity (Wildman–Crippen MR) is 86.4 cm³/mol. The summed E-state index contributed by atoms with van der Waals surface area (Å²) in [6.45, 7) is 0. The van der Waals surface area contributed by atoms with Gasteiger partial charge in [0.2, 0.25) is 0 Å². The van der Waals surface area contributed by atoms with Gasteiger partial charge in [-0.3, -0.25) is 4.79 Å². The SMILES string of the molecule is O=C(Nc1cccnc1Cl)c1c(O)c2ccc(C(F)(F)F)cc2oc1=O. The van der Waals surface area contributed by atoms with E-state index in [1.807, 2.05) is 0 Å². The van der Waals surface area contributed by atoms with Gasteiger partial charge in [-0.1, -0.05) is 11.6 Å². The molecule has 6 nitrogen and oxygen atoms in total. The number of rotatable bonds is 2. The maximum atomic E-state index is 12.7. The number of nitrogens with one attached hydrogen (secondary N) is 1. The van der Waals surface area contributed by atoms with Gasteiger partial charge in [-0.25, -0.2) is 9.78 Å². The van der Waals surface area contributed by atoms with Crippen LogP contribution in [0.5, 0.6) is 5.75 Å². The molecule has 0 bridgehead atoms. The Morgan fingerprint density at radius 3 is 2.65 bits per heavy atom. The zero-order chi connectivity index (χ0) is 19.1. The molecule has 0 aliphatic rings. The lowest BCUT2D eigenvalue weighted by Gasteiger charge is -2.10. The van der Waals surface area contributed by atoms with E-state index in [1.54, 1.807) is 0 Å². The Balaban J connectivity index is 2.08. The van der Waals surface area contributed by atoms with E-state index < -0.39 is 40.2 Å². The fourth-order valence-electron chi connectivity index (χ4n) is 2.23. The van der Waals surface area contributed by atoms with Crippen molar-refractivity contribution in [1.29, 1.82) is 0 Å². The van der Waals surface area contributed by atoms with Crippen molar-refractivity contribution in [3.63, 3.8) is 0 Å². The third-order valence-corrected chi connectivity index (χ3v) is 3.74. The van der Waals surface area contributed by atoms with Crippen LogP contribution in [-0.2, 0) is 6.18 Å². The van der Waals surface area contributed by atoms with Crippen LogP contribution in [0.4, 0.5) is 18.9 Å². The minimum Gasteiger partial charge on any atom is -0.506 e. The number of aromatic nitrogens is 1. The average molecular weight is 385 g/mol. The molecule has 2 heterocycles. The molecule has 0 spiro atoms. The second-order valence-corrected chi connectivity index (χ2v) is 5.48. The first-order valence-corrected chi connectivity index (χ1v) is 7.35. The van der Waals surface area contributed by atoms with E-state index in [0.717, 1.165) is 6.07 Å². The Bertz CT molecular complexity index is 1080. The van der Waals surface area contributed by atoms with E-state index in [-0.39, 0.29) is 16.2 Å². The molecule has 1 aromatic carbocycles. The summed E-state index contributed by atoms with van der Waals surface area (Å²) in [6.07, 6.45) is -3.28. The normalized spacial score (nSPS) is 11.5. The molecular formula is C16H8ClF3N2O4. The molecule has 0 aliphatic heterocycles. The summed E-state index contributed by atoms with van der Waals surface area (Å²) in [7, 11) is 0. The molecule has 26 heavy (non-hydrogen) atoms. The molecule has 1 amide bonds. The van der Waals surface area contributed by atoms with Gasteiger partial charge in [-0.15, -0.1) is 0 Å². The van der Waals surface area contributed by atoms with Gasteiger partial charge in [-0.2, -0.15) is 13.2 Å². The van der Waals surface area contributed by atoms with Gasteiger partial charge in [-0.05, 0) is 30.3 Å². The Kier molecular flexibility index (Phi) is 4.33. The molecule has 0 unspecified atom stereocenters. The van der Waals surface area contributed by atoms with Gasteiger partial charge in [0.15, 0.2) is 10.7 Å². The second-order valence-electron chi connectivity index (χ2n) is 5.12. The largest absolute Gasteiger partial charge is 0.506 e. The van der Waals surface area contributed by atoms with Crippen LogP contribution in [0.3, 0.4) is 0 Å². The Morgan fingerprint density at radius 1 is 1.27 bits per heavy atom. The third kappa shape index (κ3) is 3.21. The van der Waals surface area contributed by atoms with Gasteiger partial charge in [0, 0.05) is 6.20 Å². The maximum absolute atomic E-state index is 12.7. The van der Waals surface area contributed by atoms with Gasteiger partial charge in [0.05, 0.1) is 16.6 Å². The minimum atomic E-state index is -4.66. The fraction of sp³-hybridized carbons (Fsp3) is 0.0625. The Hall–Kier alpha value is -3.07. The van der Waals surface area contributed by atoms with E-state index >= 15 is 0 Å². The number of halogens is 4. The molecule has 134 valence electrons. The number of hydrogen-bond acceptors (Lipinski definition) is 5. The van der Waals surface area contributed by atoms with Crippen molar-refractivity contribution in [1.82, 2.24) is 4.98 Å². The summed E-state index contributed by atoms with van der Waals surface area (Å²) >= 11 is 5.79. The number of nitrogens with zero attached hydrogens (tertiary/aromatic N) is 1. The molecule has 0 aliphatic carbocycles. The van der Waals surface area contributed by atoms with Crippen LogP contribution in [-0.4, -0.2) is 16.0 Å². The lowest BCUT2D eigenvalue weighted by atomic mass is 10.1. The average Bonchev–Trinajstić information content (AvgIpc) is 2.55. The Morgan fingerprint density at radius 2 is 2.00 bits per heavy atom. The van der Waals surface area contributed by atoms with Crippen molar-refractivity contribution in [2.24, 2.45) is 0 Å². The van der Waals surface area contributed by atoms with Crippen LogP contribution in [0.25, 0.3) is 11.0 Å². The molecule has 10 heteroatoms. The lowest BCUT2D eigenvalue weighted by molar-refractivity contribution is -0.137. The van der Waals surface area contributed by atoms with Gasteiger partial charge >= 0.3 is 11.8 Å². The minimum absolute atomic E-state index is 0.0552. The summed E-state index contributed by atoms with van der Waals surface area (Å²) in [5.74, 6) is -1.85. The van der Waals surface area contributed by atoms with Crippen LogP contribution in [0.15, 0.2) is 45.7 Å². The number of pyridine rings is 1. The highest BCUT2D eigenvalue weighted by Gasteiger charge is 2.31. The van der Waals surface area contributed by atoms with Crippen molar-refractivity contribution >= 4 is 34.2 Å². The number of hydrogen-bond donors (Lipinski definition) is 2. The van der Waals surface area contributed by atoms with E-state index in [9.17, 15) is 27.9 Å². The second kappa shape index (κ2) is 6.34. The van der Waals surface area contributed by atoms with E-state index in [1.165, 1.54) is 18.3 Å². The Labute approximate surface area is 147 Å². The number of carbonyl (C=O) groups is 1. The number of alkyl halides is 3. The summed E-state index contributed by atoms with van der Waals surface area (Å²) in [5, 5.41) is 12.2. The number of carbonyl (C=O) groups excluding carboxylic acids is 1. The first kappa shape index (κ1) is 17.7. The number of anilines is 1. The maximum Gasteiger partial charge on any atom is 0.416 e. The molecule has 3 rings (SSSR count). The number of fused-ring (bicyclic) bond motifs is 1. The van der Waals surface area contributed by atoms with Crippen LogP contribution in [0, 0.1) is 0 Å².